The van der Waals surface area contributed by atoms with Gasteiger partial charge in [-0.15, -0.1) is 0 Å². The van der Waals surface area contributed by atoms with Crippen LogP contribution in [0.4, 0.5) is 0 Å². The highest BCUT2D eigenvalue weighted by atomic mass is 32.2. The number of hydrogen-bond acceptors (Lipinski definition) is 4. The monoisotopic (exact) mass is 291 g/mol. The summed E-state index contributed by atoms with van der Waals surface area (Å²) < 4.78 is 11.1. The van der Waals surface area contributed by atoms with Crippen LogP contribution in [0.25, 0.3) is 0 Å². The van der Waals surface area contributed by atoms with Gasteiger partial charge in [-0.2, -0.15) is 11.8 Å². The van der Waals surface area contributed by atoms with Crippen molar-refractivity contribution in [1.82, 2.24) is 5.32 Å². The van der Waals surface area contributed by atoms with Crippen LogP contribution in [0, 0.1) is 0 Å². The van der Waals surface area contributed by atoms with Gasteiger partial charge in [0.2, 0.25) is 0 Å². The average Bonchev–Trinajstić information content (AvgIpc) is 2.98. The zero-order chi connectivity index (χ0) is 14.2. The van der Waals surface area contributed by atoms with E-state index in [1.807, 2.05) is 50.0 Å². The predicted molar refractivity (Wildman–Crippen MR) is 84.3 cm³/mol. The number of hydrogen-bond donors (Lipinski definition) is 1. The minimum absolute atomic E-state index is 0.276. The summed E-state index contributed by atoms with van der Waals surface area (Å²) in [7, 11) is 1.99. The Hall–Kier alpha value is -1.39. The molecule has 0 spiro atoms. The second-order valence-electron chi connectivity index (χ2n) is 4.41. The average molecular weight is 291 g/mol. The predicted octanol–water partition coefficient (Wildman–Crippen LogP) is 3.87. The first-order chi connectivity index (χ1) is 9.85. The van der Waals surface area contributed by atoms with E-state index in [2.05, 4.69) is 17.4 Å². The largest absolute Gasteiger partial charge is 0.494 e. The molecule has 0 amide bonds. The summed E-state index contributed by atoms with van der Waals surface area (Å²) >= 11 is 1.85. The third-order valence-corrected chi connectivity index (χ3v) is 4.11. The number of nitrogens with one attached hydrogen (secondary N) is 1. The molecule has 0 bridgehead atoms. The van der Waals surface area contributed by atoms with Crippen molar-refractivity contribution in [2.24, 2.45) is 0 Å². The summed E-state index contributed by atoms with van der Waals surface area (Å²) in [6, 6.07) is 12.4. The third kappa shape index (κ3) is 4.05. The maximum Gasteiger partial charge on any atom is 0.124 e. The lowest BCUT2D eigenvalue weighted by Gasteiger charge is -2.19. The van der Waals surface area contributed by atoms with Crippen LogP contribution < -0.4 is 10.1 Å². The van der Waals surface area contributed by atoms with Gasteiger partial charge in [0.1, 0.15) is 11.5 Å². The Labute approximate surface area is 124 Å². The molecular weight excluding hydrogens is 270 g/mol. The van der Waals surface area contributed by atoms with E-state index in [0.717, 1.165) is 23.0 Å². The van der Waals surface area contributed by atoms with Gasteiger partial charge < -0.3 is 14.5 Å². The molecule has 1 unspecified atom stereocenters. The SMILES string of the molecule is CCOc1ccccc1C(CSCc1ccco1)NC. The van der Waals surface area contributed by atoms with E-state index in [4.69, 9.17) is 9.15 Å². The molecule has 0 aliphatic carbocycles. The number of furan rings is 1. The van der Waals surface area contributed by atoms with Gasteiger partial charge in [0.25, 0.3) is 0 Å². The Morgan fingerprint density at radius 3 is 2.80 bits per heavy atom. The number of para-hydroxylation sites is 1. The maximum atomic E-state index is 5.70. The zero-order valence-electron chi connectivity index (χ0n) is 12.0. The van der Waals surface area contributed by atoms with E-state index in [-0.39, 0.29) is 6.04 Å². The summed E-state index contributed by atoms with van der Waals surface area (Å²) in [6.07, 6.45) is 1.72. The lowest BCUT2D eigenvalue weighted by Crippen LogP contribution is -2.19. The summed E-state index contributed by atoms with van der Waals surface area (Å²) in [5, 5.41) is 3.37. The first-order valence-corrected chi connectivity index (χ1v) is 7.99. The fraction of sp³-hybridized carbons (Fsp3) is 0.375. The summed E-state index contributed by atoms with van der Waals surface area (Å²) in [5.41, 5.74) is 1.21. The molecule has 0 aliphatic heterocycles. The van der Waals surface area contributed by atoms with Crippen LogP contribution in [0.5, 0.6) is 5.75 Å². The number of thioether (sulfide) groups is 1. The van der Waals surface area contributed by atoms with Crippen LogP contribution in [-0.4, -0.2) is 19.4 Å². The Morgan fingerprint density at radius 2 is 2.10 bits per heavy atom. The van der Waals surface area contributed by atoms with Crippen molar-refractivity contribution in [1.29, 1.82) is 0 Å². The molecule has 1 N–H and O–H groups in total. The first kappa shape index (κ1) is 15.0. The van der Waals surface area contributed by atoms with Crippen molar-refractivity contribution in [3.63, 3.8) is 0 Å². The molecule has 0 saturated carbocycles. The number of ether oxygens (including phenoxy) is 1. The quantitative estimate of drug-likeness (QED) is 0.800. The number of benzene rings is 1. The zero-order valence-corrected chi connectivity index (χ0v) is 12.8. The molecule has 3 nitrogen and oxygen atoms in total. The molecule has 0 saturated heterocycles. The van der Waals surface area contributed by atoms with Crippen molar-refractivity contribution < 1.29 is 9.15 Å². The molecule has 108 valence electrons. The van der Waals surface area contributed by atoms with E-state index in [0.29, 0.717) is 6.61 Å². The van der Waals surface area contributed by atoms with Gasteiger partial charge in [-0.05, 0) is 32.2 Å². The highest BCUT2D eigenvalue weighted by molar-refractivity contribution is 7.98. The van der Waals surface area contributed by atoms with E-state index in [1.54, 1.807) is 6.26 Å². The molecule has 0 radical (unpaired) electrons. The highest BCUT2D eigenvalue weighted by Crippen LogP contribution is 2.28. The van der Waals surface area contributed by atoms with Gasteiger partial charge in [0.05, 0.1) is 18.6 Å². The van der Waals surface area contributed by atoms with Crippen LogP contribution >= 0.6 is 11.8 Å². The lowest BCUT2D eigenvalue weighted by atomic mass is 10.1. The molecule has 0 fully saturated rings. The topological polar surface area (TPSA) is 34.4 Å². The molecule has 4 heteroatoms. The van der Waals surface area contributed by atoms with Crippen molar-refractivity contribution >= 4 is 11.8 Å². The minimum atomic E-state index is 0.276. The molecule has 1 atom stereocenters. The molecule has 2 aromatic rings. The Balaban J connectivity index is 1.97. The van der Waals surface area contributed by atoms with Crippen LogP contribution in [0.3, 0.4) is 0 Å². The van der Waals surface area contributed by atoms with Crippen LogP contribution in [0.1, 0.15) is 24.3 Å². The van der Waals surface area contributed by atoms with Crippen molar-refractivity contribution in [3.05, 3.63) is 54.0 Å². The second-order valence-corrected chi connectivity index (χ2v) is 5.44. The third-order valence-electron chi connectivity index (χ3n) is 3.05. The molecule has 1 heterocycles. The van der Waals surface area contributed by atoms with E-state index >= 15 is 0 Å². The van der Waals surface area contributed by atoms with E-state index < -0.39 is 0 Å². The van der Waals surface area contributed by atoms with Crippen LogP contribution in [-0.2, 0) is 5.75 Å². The standard InChI is InChI=1S/C16H21NO2S/c1-3-18-16-9-5-4-8-14(16)15(17-2)12-20-11-13-7-6-10-19-13/h4-10,15,17H,3,11-12H2,1-2H3. The molecule has 1 aromatic carbocycles. The molecule has 1 aromatic heterocycles. The van der Waals surface area contributed by atoms with Gasteiger partial charge in [-0.1, -0.05) is 18.2 Å². The Bertz CT molecular complexity index is 499. The molecule has 2 rings (SSSR count). The van der Waals surface area contributed by atoms with Gasteiger partial charge in [0, 0.05) is 17.4 Å². The van der Waals surface area contributed by atoms with E-state index in [1.165, 1.54) is 5.56 Å². The smallest absolute Gasteiger partial charge is 0.124 e. The summed E-state index contributed by atoms with van der Waals surface area (Å²) in [6.45, 7) is 2.70. The lowest BCUT2D eigenvalue weighted by molar-refractivity contribution is 0.333. The fourth-order valence-electron chi connectivity index (χ4n) is 2.06. The second kappa shape index (κ2) is 8.02. The maximum absolute atomic E-state index is 5.70. The van der Waals surface area contributed by atoms with Gasteiger partial charge in [-0.25, -0.2) is 0 Å². The van der Waals surface area contributed by atoms with Gasteiger partial charge >= 0.3 is 0 Å². The van der Waals surface area contributed by atoms with E-state index in [9.17, 15) is 0 Å². The molecule has 0 aliphatic rings. The Kier molecular flexibility index (Phi) is 6.02. The normalized spacial score (nSPS) is 12.3. The summed E-state index contributed by atoms with van der Waals surface area (Å²) in [5.74, 6) is 3.85. The number of rotatable bonds is 8. The molecule has 20 heavy (non-hydrogen) atoms. The summed E-state index contributed by atoms with van der Waals surface area (Å²) in [4.78, 5) is 0. The van der Waals surface area contributed by atoms with Gasteiger partial charge in [0.15, 0.2) is 0 Å². The van der Waals surface area contributed by atoms with Crippen LogP contribution in [0.15, 0.2) is 47.1 Å². The van der Waals surface area contributed by atoms with Crippen molar-refractivity contribution in [3.8, 4) is 5.75 Å². The van der Waals surface area contributed by atoms with Crippen molar-refractivity contribution in [2.45, 2.75) is 18.7 Å². The Morgan fingerprint density at radius 1 is 1.25 bits per heavy atom. The fourth-order valence-corrected chi connectivity index (χ4v) is 3.12. The van der Waals surface area contributed by atoms with Gasteiger partial charge in [-0.3, -0.25) is 0 Å². The minimum Gasteiger partial charge on any atom is -0.494 e. The van der Waals surface area contributed by atoms with Crippen molar-refractivity contribution in [2.75, 3.05) is 19.4 Å². The first-order valence-electron chi connectivity index (χ1n) is 6.84. The highest BCUT2D eigenvalue weighted by Gasteiger charge is 2.14. The van der Waals surface area contributed by atoms with Crippen LogP contribution in [0.2, 0.25) is 0 Å². The molecular formula is C16H21NO2S.